The molecule has 1 N–H and O–H groups in total. The molecule has 0 saturated heterocycles. The Morgan fingerprint density at radius 2 is 2.00 bits per heavy atom. The molecule has 0 saturated carbocycles. The molecule has 0 unspecified atom stereocenters. The summed E-state index contributed by atoms with van der Waals surface area (Å²) in [7, 11) is 0. The monoisotopic (exact) mass is 233 g/mol. The number of hydrogen-bond donors (Lipinski definition) is 1. The third-order valence-corrected chi connectivity index (χ3v) is 2.51. The number of rotatable bonds is 5. The van der Waals surface area contributed by atoms with Crippen LogP contribution in [0.2, 0.25) is 0 Å². The maximum atomic E-state index is 12.7. The van der Waals surface area contributed by atoms with Gasteiger partial charge in [-0.15, -0.1) is 0 Å². The summed E-state index contributed by atoms with van der Waals surface area (Å²) >= 11 is 0. The van der Waals surface area contributed by atoms with Gasteiger partial charge in [-0.25, -0.2) is 4.39 Å². The number of nitrogens with zero attached hydrogens (tertiary/aromatic N) is 2. The molecule has 0 fully saturated rings. The number of halogens is 1. The highest BCUT2D eigenvalue weighted by atomic mass is 19.1. The van der Waals surface area contributed by atoms with Crippen LogP contribution in [0.3, 0.4) is 0 Å². The SMILES string of the molecule is CCNCc1ccn(Cc2ccc(F)cc2)n1. The predicted octanol–water partition coefficient (Wildman–Crippen LogP) is 2.18. The fourth-order valence-electron chi connectivity index (χ4n) is 1.62. The summed E-state index contributed by atoms with van der Waals surface area (Å²) in [6.45, 7) is 4.46. The van der Waals surface area contributed by atoms with Crippen LogP contribution < -0.4 is 5.32 Å². The predicted molar refractivity (Wildman–Crippen MR) is 65.1 cm³/mol. The van der Waals surface area contributed by atoms with Crippen molar-refractivity contribution in [1.82, 2.24) is 15.1 Å². The molecule has 0 aliphatic heterocycles. The highest BCUT2D eigenvalue weighted by molar-refractivity contribution is 5.16. The molecule has 0 spiro atoms. The van der Waals surface area contributed by atoms with E-state index in [1.807, 2.05) is 16.9 Å². The van der Waals surface area contributed by atoms with Crippen LogP contribution in [0.25, 0.3) is 0 Å². The molecule has 1 aromatic carbocycles. The van der Waals surface area contributed by atoms with Gasteiger partial charge < -0.3 is 5.32 Å². The van der Waals surface area contributed by atoms with E-state index in [1.165, 1.54) is 12.1 Å². The number of benzene rings is 1. The molecule has 1 heterocycles. The number of nitrogens with one attached hydrogen (secondary N) is 1. The fourth-order valence-corrected chi connectivity index (χ4v) is 1.62. The molecule has 3 nitrogen and oxygen atoms in total. The molecule has 2 rings (SSSR count). The van der Waals surface area contributed by atoms with Crippen molar-refractivity contribution in [2.24, 2.45) is 0 Å². The minimum Gasteiger partial charge on any atom is -0.311 e. The van der Waals surface area contributed by atoms with E-state index >= 15 is 0 Å². The van der Waals surface area contributed by atoms with E-state index < -0.39 is 0 Å². The largest absolute Gasteiger partial charge is 0.311 e. The van der Waals surface area contributed by atoms with Crippen molar-refractivity contribution >= 4 is 0 Å². The van der Waals surface area contributed by atoms with Crippen LogP contribution >= 0.6 is 0 Å². The first-order valence-corrected chi connectivity index (χ1v) is 5.75. The Morgan fingerprint density at radius 1 is 1.24 bits per heavy atom. The third kappa shape index (κ3) is 3.39. The second kappa shape index (κ2) is 5.59. The van der Waals surface area contributed by atoms with E-state index in [0.717, 1.165) is 24.3 Å². The summed E-state index contributed by atoms with van der Waals surface area (Å²) in [6.07, 6.45) is 1.94. The minimum atomic E-state index is -0.206. The molecular formula is C13H16FN3. The van der Waals surface area contributed by atoms with Crippen molar-refractivity contribution in [3.05, 3.63) is 53.6 Å². The smallest absolute Gasteiger partial charge is 0.123 e. The van der Waals surface area contributed by atoms with Gasteiger partial charge in [-0.05, 0) is 30.3 Å². The fraction of sp³-hybridized carbons (Fsp3) is 0.308. The lowest BCUT2D eigenvalue weighted by atomic mass is 10.2. The maximum Gasteiger partial charge on any atom is 0.123 e. The summed E-state index contributed by atoms with van der Waals surface area (Å²) in [4.78, 5) is 0. The van der Waals surface area contributed by atoms with Gasteiger partial charge >= 0.3 is 0 Å². The molecule has 2 aromatic rings. The number of aromatic nitrogens is 2. The number of hydrogen-bond acceptors (Lipinski definition) is 2. The first-order valence-electron chi connectivity index (χ1n) is 5.75. The average Bonchev–Trinajstić information content (AvgIpc) is 2.77. The maximum absolute atomic E-state index is 12.7. The van der Waals surface area contributed by atoms with Crippen LogP contribution in [0.5, 0.6) is 0 Å². The Bertz CT molecular complexity index is 462. The minimum absolute atomic E-state index is 0.206. The Labute approximate surface area is 100 Å². The standard InChI is InChI=1S/C13H16FN3/c1-2-15-9-13-7-8-17(16-13)10-11-3-5-12(14)6-4-11/h3-8,15H,2,9-10H2,1H3. The summed E-state index contributed by atoms with van der Waals surface area (Å²) in [5, 5.41) is 7.65. The second-order valence-electron chi connectivity index (χ2n) is 3.91. The van der Waals surface area contributed by atoms with Crippen LogP contribution in [0, 0.1) is 5.82 Å². The van der Waals surface area contributed by atoms with Crippen molar-refractivity contribution in [1.29, 1.82) is 0 Å². The summed E-state index contributed by atoms with van der Waals surface area (Å²) in [5.74, 6) is -0.206. The van der Waals surface area contributed by atoms with Crippen molar-refractivity contribution in [2.75, 3.05) is 6.54 Å². The Balaban J connectivity index is 1.98. The topological polar surface area (TPSA) is 29.9 Å². The van der Waals surface area contributed by atoms with E-state index in [-0.39, 0.29) is 5.82 Å². The zero-order chi connectivity index (χ0) is 12.1. The van der Waals surface area contributed by atoms with Gasteiger partial charge in [0.25, 0.3) is 0 Å². The van der Waals surface area contributed by atoms with Crippen molar-refractivity contribution < 1.29 is 4.39 Å². The molecule has 0 amide bonds. The normalized spacial score (nSPS) is 10.7. The summed E-state index contributed by atoms with van der Waals surface area (Å²) < 4.78 is 14.6. The van der Waals surface area contributed by atoms with Crippen molar-refractivity contribution in [3.63, 3.8) is 0 Å². The third-order valence-electron chi connectivity index (χ3n) is 2.51. The van der Waals surface area contributed by atoms with Crippen molar-refractivity contribution in [2.45, 2.75) is 20.0 Å². The molecule has 0 aliphatic carbocycles. The highest BCUT2D eigenvalue weighted by Crippen LogP contribution is 2.05. The van der Waals surface area contributed by atoms with Gasteiger partial charge in [0.05, 0.1) is 12.2 Å². The van der Waals surface area contributed by atoms with E-state index in [2.05, 4.69) is 17.3 Å². The zero-order valence-corrected chi connectivity index (χ0v) is 9.86. The average molecular weight is 233 g/mol. The van der Waals surface area contributed by atoms with Crippen LogP contribution in [0.4, 0.5) is 4.39 Å². The lowest BCUT2D eigenvalue weighted by Gasteiger charge is -2.02. The molecule has 0 bridgehead atoms. The quantitative estimate of drug-likeness (QED) is 0.857. The van der Waals surface area contributed by atoms with Gasteiger partial charge in [-0.1, -0.05) is 19.1 Å². The van der Waals surface area contributed by atoms with Gasteiger partial charge in [0, 0.05) is 12.7 Å². The van der Waals surface area contributed by atoms with E-state index in [0.29, 0.717) is 6.54 Å². The van der Waals surface area contributed by atoms with Gasteiger partial charge in [0.1, 0.15) is 5.82 Å². The van der Waals surface area contributed by atoms with Gasteiger partial charge in [0.2, 0.25) is 0 Å². The summed E-state index contributed by atoms with van der Waals surface area (Å²) in [5.41, 5.74) is 2.07. The van der Waals surface area contributed by atoms with E-state index in [4.69, 9.17) is 0 Å². The van der Waals surface area contributed by atoms with Gasteiger partial charge in [-0.3, -0.25) is 4.68 Å². The van der Waals surface area contributed by atoms with Crippen LogP contribution in [-0.4, -0.2) is 16.3 Å². The van der Waals surface area contributed by atoms with Gasteiger partial charge in [0.15, 0.2) is 0 Å². The summed E-state index contributed by atoms with van der Waals surface area (Å²) in [6, 6.07) is 8.49. The van der Waals surface area contributed by atoms with Crippen LogP contribution in [0.1, 0.15) is 18.2 Å². The Kier molecular flexibility index (Phi) is 3.88. The van der Waals surface area contributed by atoms with Gasteiger partial charge in [-0.2, -0.15) is 5.10 Å². The molecule has 17 heavy (non-hydrogen) atoms. The lowest BCUT2D eigenvalue weighted by molar-refractivity contribution is 0.622. The lowest BCUT2D eigenvalue weighted by Crippen LogP contribution is -2.12. The molecule has 4 heteroatoms. The van der Waals surface area contributed by atoms with E-state index in [9.17, 15) is 4.39 Å². The molecule has 0 aliphatic rings. The first kappa shape index (κ1) is 11.8. The van der Waals surface area contributed by atoms with Crippen molar-refractivity contribution in [3.8, 4) is 0 Å². The Morgan fingerprint density at radius 3 is 2.71 bits per heavy atom. The first-order chi connectivity index (χ1) is 8.28. The second-order valence-corrected chi connectivity index (χ2v) is 3.91. The molecule has 1 aromatic heterocycles. The molecule has 0 atom stereocenters. The highest BCUT2D eigenvalue weighted by Gasteiger charge is 1.99. The zero-order valence-electron chi connectivity index (χ0n) is 9.86. The Hall–Kier alpha value is -1.68. The molecular weight excluding hydrogens is 217 g/mol. The van der Waals surface area contributed by atoms with E-state index in [1.54, 1.807) is 12.1 Å². The molecule has 0 radical (unpaired) electrons. The van der Waals surface area contributed by atoms with Crippen LogP contribution in [0.15, 0.2) is 36.5 Å². The van der Waals surface area contributed by atoms with Crippen LogP contribution in [-0.2, 0) is 13.1 Å². The molecule has 90 valence electrons.